The van der Waals surface area contributed by atoms with Gasteiger partial charge in [0.25, 0.3) is 5.91 Å². The molecule has 29 heavy (non-hydrogen) atoms. The van der Waals surface area contributed by atoms with Gasteiger partial charge in [0, 0.05) is 13.1 Å². The van der Waals surface area contributed by atoms with E-state index in [1.807, 2.05) is 6.07 Å². The topological polar surface area (TPSA) is 117 Å². The molecule has 1 aromatic carbocycles. The van der Waals surface area contributed by atoms with Crippen molar-refractivity contribution in [3.8, 4) is 6.07 Å². The zero-order chi connectivity index (χ0) is 21.7. The van der Waals surface area contributed by atoms with Crippen molar-refractivity contribution in [3.05, 3.63) is 29.8 Å². The molecule has 1 fully saturated rings. The van der Waals surface area contributed by atoms with Gasteiger partial charge in [-0.05, 0) is 37.8 Å². The maximum absolute atomic E-state index is 13.0. The number of carbonyl (C=O) groups excluding carboxylic acids is 2. The minimum Gasteiger partial charge on any atom is -0.452 e. The molecule has 8 nitrogen and oxygen atoms in total. The highest BCUT2D eigenvalue weighted by atomic mass is 32.2. The highest BCUT2D eigenvalue weighted by molar-refractivity contribution is 7.89. The third-order valence-electron chi connectivity index (χ3n) is 5.16. The lowest BCUT2D eigenvalue weighted by Gasteiger charge is -2.27. The van der Waals surface area contributed by atoms with E-state index in [0.717, 1.165) is 19.3 Å². The first kappa shape index (κ1) is 22.8. The normalized spacial score (nSPS) is 17.2. The molecular weight excluding hydrogens is 394 g/mol. The van der Waals surface area contributed by atoms with Crippen LogP contribution in [0.15, 0.2) is 29.2 Å². The number of amides is 1. The van der Waals surface area contributed by atoms with Crippen molar-refractivity contribution < 1.29 is 22.7 Å². The molecule has 1 aromatic rings. The van der Waals surface area contributed by atoms with Crippen LogP contribution in [-0.4, -0.2) is 49.8 Å². The van der Waals surface area contributed by atoms with Gasteiger partial charge in [0.15, 0.2) is 6.61 Å². The summed E-state index contributed by atoms with van der Waals surface area (Å²) in [5, 5.41) is 11.8. The summed E-state index contributed by atoms with van der Waals surface area (Å²) in [5.41, 5.74) is -1.21. The number of hydrogen-bond donors (Lipinski definition) is 1. The van der Waals surface area contributed by atoms with Crippen molar-refractivity contribution in [1.82, 2.24) is 9.62 Å². The van der Waals surface area contributed by atoms with Crippen LogP contribution in [0.1, 0.15) is 50.4 Å². The molecule has 2 rings (SSSR count). The Hall–Kier alpha value is -2.44. The number of nitrogens with one attached hydrogen (secondary N) is 1. The molecule has 1 aliphatic heterocycles. The Morgan fingerprint density at radius 2 is 1.86 bits per heavy atom. The van der Waals surface area contributed by atoms with E-state index in [0.29, 0.717) is 13.1 Å². The van der Waals surface area contributed by atoms with E-state index in [1.54, 1.807) is 26.8 Å². The summed E-state index contributed by atoms with van der Waals surface area (Å²) < 4.78 is 32.3. The minimum absolute atomic E-state index is 0.113. The highest BCUT2D eigenvalue weighted by Crippen LogP contribution is 2.24. The number of hydrogen-bond acceptors (Lipinski definition) is 6. The van der Waals surface area contributed by atoms with Gasteiger partial charge in [0.1, 0.15) is 5.54 Å². The van der Waals surface area contributed by atoms with Crippen molar-refractivity contribution in [1.29, 1.82) is 5.26 Å². The third kappa shape index (κ3) is 5.34. The fraction of sp³-hybridized carbons (Fsp3) is 0.550. The number of piperidine rings is 1. The van der Waals surface area contributed by atoms with Crippen LogP contribution >= 0.6 is 0 Å². The van der Waals surface area contributed by atoms with Crippen LogP contribution in [0, 0.1) is 17.2 Å². The molecule has 0 saturated carbocycles. The summed E-state index contributed by atoms with van der Waals surface area (Å²) in [5.74, 6) is -1.69. The van der Waals surface area contributed by atoms with Gasteiger partial charge in [-0.25, -0.2) is 13.2 Å². The molecule has 158 valence electrons. The first-order chi connectivity index (χ1) is 13.6. The van der Waals surface area contributed by atoms with Crippen LogP contribution in [0.5, 0.6) is 0 Å². The zero-order valence-corrected chi connectivity index (χ0v) is 17.8. The molecule has 1 aliphatic rings. The van der Waals surface area contributed by atoms with Crippen LogP contribution in [0.25, 0.3) is 0 Å². The van der Waals surface area contributed by atoms with Gasteiger partial charge in [0.05, 0.1) is 16.5 Å². The van der Waals surface area contributed by atoms with E-state index in [2.05, 4.69) is 5.32 Å². The number of ether oxygens (including phenoxy) is 1. The molecule has 0 radical (unpaired) electrons. The van der Waals surface area contributed by atoms with Crippen LogP contribution < -0.4 is 5.32 Å². The van der Waals surface area contributed by atoms with E-state index in [1.165, 1.54) is 22.5 Å². The van der Waals surface area contributed by atoms with E-state index >= 15 is 0 Å². The van der Waals surface area contributed by atoms with Crippen LogP contribution in [0.3, 0.4) is 0 Å². The Kier molecular flexibility index (Phi) is 7.38. The van der Waals surface area contributed by atoms with Gasteiger partial charge in [-0.2, -0.15) is 9.57 Å². The number of nitriles is 1. The van der Waals surface area contributed by atoms with Gasteiger partial charge in [-0.15, -0.1) is 0 Å². The summed E-state index contributed by atoms with van der Waals surface area (Å²) >= 11 is 0. The van der Waals surface area contributed by atoms with Crippen LogP contribution in [-0.2, 0) is 19.6 Å². The summed E-state index contributed by atoms with van der Waals surface area (Å²) in [6.07, 6.45) is 2.53. The molecule has 0 aromatic heterocycles. The number of esters is 1. The van der Waals surface area contributed by atoms with E-state index in [-0.39, 0.29) is 16.4 Å². The summed E-state index contributed by atoms with van der Waals surface area (Å²) in [7, 11) is -3.83. The third-order valence-corrected chi connectivity index (χ3v) is 7.12. The first-order valence-corrected chi connectivity index (χ1v) is 11.0. The zero-order valence-electron chi connectivity index (χ0n) is 17.0. The molecule has 1 saturated heterocycles. The summed E-state index contributed by atoms with van der Waals surface area (Å²) in [6.45, 7) is 5.37. The quantitative estimate of drug-likeness (QED) is 0.674. The molecule has 1 heterocycles. The number of benzene rings is 1. The van der Waals surface area contributed by atoms with Gasteiger partial charge in [0.2, 0.25) is 10.0 Å². The number of rotatable bonds is 7. The second-order valence-electron chi connectivity index (χ2n) is 7.55. The Bertz CT molecular complexity index is 901. The maximum Gasteiger partial charge on any atom is 0.340 e. The Labute approximate surface area is 171 Å². The van der Waals surface area contributed by atoms with Crippen molar-refractivity contribution >= 4 is 21.9 Å². The highest BCUT2D eigenvalue weighted by Gasteiger charge is 2.32. The molecule has 1 amide bonds. The fourth-order valence-electron chi connectivity index (χ4n) is 2.94. The lowest BCUT2D eigenvalue weighted by Crippen LogP contribution is -2.50. The first-order valence-electron chi connectivity index (χ1n) is 9.60. The predicted molar refractivity (Wildman–Crippen MR) is 106 cm³/mol. The lowest BCUT2D eigenvalue weighted by atomic mass is 9.90. The van der Waals surface area contributed by atoms with Gasteiger partial charge >= 0.3 is 5.97 Å². The van der Waals surface area contributed by atoms with E-state index in [9.17, 15) is 23.3 Å². The SMILES string of the molecule is CC(C)[C@@](C)(C#N)NC(=O)COC(=O)c1ccccc1S(=O)(=O)N1CCCCC1. The maximum atomic E-state index is 13.0. The summed E-state index contributed by atoms with van der Waals surface area (Å²) in [6, 6.07) is 7.85. The minimum atomic E-state index is -3.83. The number of carbonyl (C=O) groups is 2. The standard InChI is InChI=1S/C20H27N3O5S/c1-15(2)20(3,14-21)22-18(24)13-28-19(25)16-9-5-6-10-17(16)29(26,27)23-11-7-4-8-12-23/h5-6,9-10,15H,4,7-8,11-13H2,1-3H3,(H,22,24)/t20-/m1/s1. The molecule has 0 bridgehead atoms. The second kappa shape index (κ2) is 9.37. The van der Waals surface area contributed by atoms with Crippen molar-refractivity contribution in [3.63, 3.8) is 0 Å². The van der Waals surface area contributed by atoms with Crippen LogP contribution in [0.4, 0.5) is 0 Å². The fourth-order valence-corrected chi connectivity index (χ4v) is 4.64. The predicted octanol–water partition coefficient (Wildman–Crippen LogP) is 2.07. The Balaban J connectivity index is 2.13. The van der Waals surface area contributed by atoms with Crippen LogP contribution in [0.2, 0.25) is 0 Å². The molecule has 1 N–H and O–H groups in total. The average molecular weight is 422 g/mol. The molecule has 9 heteroatoms. The van der Waals surface area contributed by atoms with Crippen molar-refractivity contribution in [2.75, 3.05) is 19.7 Å². The Morgan fingerprint density at radius 3 is 2.45 bits per heavy atom. The van der Waals surface area contributed by atoms with E-state index in [4.69, 9.17) is 4.74 Å². The van der Waals surface area contributed by atoms with Crippen molar-refractivity contribution in [2.24, 2.45) is 5.92 Å². The van der Waals surface area contributed by atoms with Crippen molar-refractivity contribution in [2.45, 2.75) is 50.5 Å². The van der Waals surface area contributed by atoms with Gasteiger partial charge in [-0.1, -0.05) is 32.4 Å². The van der Waals surface area contributed by atoms with Gasteiger partial charge < -0.3 is 10.1 Å². The molecular formula is C20H27N3O5S. The molecule has 1 atom stereocenters. The monoisotopic (exact) mass is 421 g/mol. The molecule has 0 unspecified atom stereocenters. The number of nitrogens with zero attached hydrogens (tertiary/aromatic N) is 2. The second-order valence-corrected chi connectivity index (χ2v) is 9.46. The molecule has 0 aliphatic carbocycles. The Morgan fingerprint density at radius 1 is 1.24 bits per heavy atom. The van der Waals surface area contributed by atoms with E-state index < -0.39 is 34.0 Å². The average Bonchev–Trinajstić information content (AvgIpc) is 2.72. The lowest BCUT2D eigenvalue weighted by molar-refractivity contribution is -0.125. The molecule has 0 spiro atoms. The number of sulfonamides is 1. The summed E-state index contributed by atoms with van der Waals surface area (Å²) in [4.78, 5) is 24.5. The smallest absolute Gasteiger partial charge is 0.340 e. The largest absolute Gasteiger partial charge is 0.452 e. The van der Waals surface area contributed by atoms with Gasteiger partial charge in [-0.3, -0.25) is 4.79 Å².